The van der Waals surface area contributed by atoms with Gasteiger partial charge in [0, 0.05) is 17.1 Å². The molecule has 8 heteroatoms. The molecule has 2 aromatic heterocycles. The fourth-order valence-corrected chi connectivity index (χ4v) is 2.85. The normalized spacial score (nSPS) is 11.0. The zero-order chi connectivity index (χ0) is 19.0. The summed E-state index contributed by atoms with van der Waals surface area (Å²) in [7, 11) is 0. The van der Waals surface area contributed by atoms with Gasteiger partial charge in [-0.05, 0) is 36.4 Å². The number of nitrogens with one attached hydrogen (secondary N) is 2. The van der Waals surface area contributed by atoms with Gasteiger partial charge in [0.15, 0.2) is 0 Å². The summed E-state index contributed by atoms with van der Waals surface area (Å²) in [5.41, 5.74) is -0.494. The van der Waals surface area contributed by atoms with E-state index < -0.39 is 22.7 Å². The van der Waals surface area contributed by atoms with Gasteiger partial charge in [-0.2, -0.15) is 0 Å². The maximum absolute atomic E-state index is 12.4. The lowest BCUT2D eigenvalue weighted by Gasteiger charge is -2.09. The summed E-state index contributed by atoms with van der Waals surface area (Å²) in [4.78, 5) is 48.0. The van der Waals surface area contributed by atoms with Crippen molar-refractivity contribution in [3.63, 3.8) is 0 Å². The molecule has 0 unspecified atom stereocenters. The number of carbonyl (C=O) groups excluding carboxylic acids is 1. The molecular formula is C19H13N3O5. The highest BCUT2D eigenvalue weighted by atomic mass is 16.4. The molecule has 0 fully saturated rings. The van der Waals surface area contributed by atoms with Crippen molar-refractivity contribution >= 4 is 33.3 Å². The molecule has 0 radical (unpaired) electrons. The molecule has 1 amide bonds. The summed E-state index contributed by atoms with van der Waals surface area (Å²) >= 11 is 0. The molecule has 0 bridgehead atoms. The average molecular weight is 363 g/mol. The Kier molecular flexibility index (Phi) is 3.92. The summed E-state index contributed by atoms with van der Waals surface area (Å²) in [5, 5.41) is 6.22. The van der Waals surface area contributed by atoms with Crippen molar-refractivity contribution < 1.29 is 9.21 Å². The maximum Gasteiger partial charge on any atom is 0.336 e. The smallest absolute Gasteiger partial charge is 0.336 e. The summed E-state index contributed by atoms with van der Waals surface area (Å²) < 4.78 is 6.01. The van der Waals surface area contributed by atoms with Gasteiger partial charge in [0.2, 0.25) is 5.91 Å². The molecule has 0 aliphatic heterocycles. The number of aromatic amines is 1. The number of aromatic nitrogens is 2. The summed E-state index contributed by atoms with van der Waals surface area (Å²) in [5.74, 6) is -0.486. The molecule has 2 N–H and O–H groups in total. The number of nitrogens with zero attached hydrogens (tertiary/aromatic N) is 1. The fourth-order valence-electron chi connectivity index (χ4n) is 2.85. The van der Waals surface area contributed by atoms with Crippen molar-refractivity contribution in [3.05, 3.63) is 85.7 Å². The van der Waals surface area contributed by atoms with Crippen LogP contribution < -0.4 is 22.1 Å². The van der Waals surface area contributed by atoms with Crippen LogP contribution in [-0.2, 0) is 11.3 Å². The van der Waals surface area contributed by atoms with Crippen molar-refractivity contribution in [2.24, 2.45) is 0 Å². The van der Waals surface area contributed by atoms with Crippen molar-refractivity contribution in [2.75, 3.05) is 5.32 Å². The van der Waals surface area contributed by atoms with Crippen molar-refractivity contribution in [3.8, 4) is 0 Å². The first-order valence-corrected chi connectivity index (χ1v) is 8.07. The predicted molar refractivity (Wildman–Crippen MR) is 99.9 cm³/mol. The first-order valence-electron chi connectivity index (χ1n) is 8.07. The number of hydrogen-bond acceptors (Lipinski definition) is 5. The largest absolute Gasteiger partial charge is 0.423 e. The van der Waals surface area contributed by atoms with Gasteiger partial charge in [-0.3, -0.25) is 19.5 Å². The number of fused-ring (bicyclic) bond motifs is 2. The highest BCUT2D eigenvalue weighted by Gasteiger charge is 2.10. The molecule has 2 aromatic carbocycles. The Morgan fingerprint density at radius 2 is 1.78 bits per heavy atom. The van der Waals surface area contributed by atoms with Gasteiger partial charge in [0.1, 0.15) is 12.1 Å². The Balaban J connectivity index is 1.61. The SMILES string of the molecule is O=C(Cn1[nH]c(=O)c2ccccc2c1=O)Nc1ccc2oc(=O)ccc2c1. The van der Waals surface area contributed by atoms with Gasteiger partial charge in [0.25, 0.3) is 11.1 Å². The van der Waals surface area contributed by atoms with E-state index in [1.165, 1.54) is 6.07 Å². The van der Waals surface area contributed by atoms with Crippen LogP contribution in [0.4, 0.5) is 5.69 Å². The van der Waals surface area contributed by atoms with Crippen LogP contribution in [0.15, 0.2) is 73.4 Å². The highest BCUT2D eigenvalue weighted by molar-refractivity contribution is 5.93. The number of H-pyrrole nitrogens is 1. The number of anilines is 1. The van der Waals surface area contributed by atoms with Crippen LogP contribution in [0.3, 0.4) is 0 Å². The van der Waals surface area contributed by atoms with E-state index in [4.69, 9.17) is 4.42 Å². The van der Waals surface area contributed by atoms with Crippen LogP contribution in [0.25, 0.3) is 21.7 Å². The minimum atomic E-state index is -0.486. The van der Waals surface area contributed by atoms with Gasteiger partial charge in [-0.15, -0.1) is 0 Å². The second-order valence-corrected chi connectivity index (χ2v) is 5.93. The number of amides is 1. The van der Waals surface area contributed by atoms with Crippen LogP contribution in [-0.4, -0.2) is 15.7 Å². The third-order valence-corrected chi connectivity index (χ3v) is 4.09. The number of carbonyl (C=O) groups is 1. The zero-order valence-corrected chi connectivity index (χ0v) is 13.9. The van der Waals surface area contributed by atoms with E-state index in [2.05, 4.69) is 10.4 Å². The van der Waals surface area contributed by atoms with E-state index in [1.807, 2.05) is 0 Å². The number of hydrogen-bond donors (Lipinski definition) is 2. The van der Waals surface area contributed by atoms with Crippen molar-refractivity contribution in [1.29, 1.82) is 0 Å². The van der Waals surface area contributed by atoms with E-state index in [0.29, 0.717) is 16.7 Å². The molecule has 0 atom stereocenters. The minimum Gasteiger partial charge on any atom is -0.423 e. The van der Waals surface area contributed by atoms with Crippen molar-refractivity contribution in [1.82, 2.24) is 9.78 Å². The minimum absolute atomic E-state index is 0.245. The monoisotopic (exact) mass is 363 g/mol. The molecule has 8 nitrogen and oxygen atoms in total. The molecule has 0 aliphatic rings. The number of rotatable bonds is 3. The molecule has 27 heavy (non-hydrogen) atoms. The topological polar surface area (TPSA) is 114 Å². The first kappa shape index (κ1) is 16.5. The zero-order valence-electron chi connectivity index (χ0n) is 13.9. The molecule has 0 saturated carbocycles. The van der Waals surface area contributed by atoms with Crippen LogP contribution >= 0.6 is 0 Å². The van der Waals surface area contributed by atoms with E-state index in [0.717, 1.165) is 4.68 Å². The summed E-state index contributed by atoms with van der Waals surface area (Å²) in [6, 6.07) is 14.1. The lowest BCUT2D eigenvalue weighted by Crippen LogP contribution is -2.34. The maximum atomic E-state index is 12.4. The number of benzene rings is 2. The average Bonchev–Trinajstić information content (AvgIpc) is 2.66. The van der Waals surface area contributed by atoms with Crippen LogP contribution in [0.2, 0.25) is 0 Å². The molecule has 0 spiro atoms. The Morgan fingerprint density at radius 1 is 1.00 bits per heavy atom. The first-order chi connectivity index (χ1) is 13.0. The molecular weight excluding hydrogens is 350 g/mol. The van der Waals surface area contributed by atoms with Gasteiger partial charge >= 0.3 is 5.63 Å². The second kappa shape index (κ2) is 6.41. The lowest BCUT2D eigenvalue weighted by atomic mass is 10.2. The van der Waals surface area contributed by atoms with Gasteiger partial charge in [-0.25, -0.2) is 9.48 Å². The van der Waals surface area contributed by atoms with Gasteiger partial charge < -0.3 is 9.73 Å². The quantitative estimate of drug-likeness (QED) is 0.535. The second-order valence-electron chi connectivity index (χ2n) is 5.93. The predicted octanol–water partition coefficient (Wildman–Crippen LogP) is 1.43. The van der Waals surface area contributed by atoms with Gasteiger partial charge in [-0.1, -0.05) is 12.1 Å². The Labute approximate surface area is 150 Å². The third-order valence-electron chi connectivity index (χ3n) is 4.09. The Bertz CT molecular complexity index is 1360. The summed E-state index contributed by atoms with van der Waals surface area (Å²) in [6.07, 6.45) is 0. The van der Waals surface area contributed by atoms with Crippen molar-refractivity contribution in [2.45, 2.75) is 6.54 Å². The Hall–Kier alpha value is -3.94. The molecule has 4 rings (SSSR count). The van der Waals surface area contributed by atoms with E-state index in [1.54, 1.807) is 48.5 Å². The molecule has 2 heterocycles. The molecule has 0 saturated heterocycles. The standard InChI is InChI=1S/C19H13N3O5/c23-16(20-12-6-7-15-11(9-12)5-8-17(24)27-15)10-22-19(26)14-4-2-1-3-13(14)18(25)21-22/h1-9H,10H2,(H,20,23)(H,21,25). The van der Waals surface area contributed by atoms with E-state index in [-0.39, 0.29) is 17.3 Å². The van der Waals surface area contributed by atoms with E-state index in [9.17, 15) is 19.2 Å². The molecule has 4 aromatic rings. The summed E-state index contributed by atoms with van der Waals surface area (Å²) in [6.45, 7) is -0.346. The lowest BCUT2D eigenvalue weighted by molar-refractivity contribution is -0.117. The molecule has 134 valence electrons. The van der Waals surface area contributed by atoms with Crippen LogP contribution in [0.5, 0.6) is 0 Å². The third kappa shape index (κ3) is 3.15. The van der Waals surface area contributed by atoms with Crippen LogP contribution in [0.1, 0.15) is 0 Å². The van der Waals surface area contributed by atoms with Crippen LogP contribution in [0, 0.1) is 0 Å². The highest BCUT2D eigenvalue weighted by Crippen LogP contribution is 2.17. The molecule has 0 aliphatic carbocycles. The Morgan fingerprint density at radius 3 is 2.59 bits per heavy atom. The van der Waals surface area contributed by atoms with Gasteiger partial charge in [0.05, 0.1) is 10.8 Å². The van der Waals surface area contributed by atoms with E-state index >= 15 is 0 Å². The fraction of sp³-hybridized carbons (Fsp3) is 0.0526.